The number of rotatable bonds is 4. The van der Waals surface area contributed by atoms with Crippen LogP contribution in [-0.2, 0) is 4.79 Å². The summed E-state index contributed by atoms with van der Waals surface area (Å²) in [6.45, 7) is 1.61. The highest BCUT2D eigenvalue weighted by Gasteiger charge is 2.44. The molecule has 1 aliphatic carbocycles. The lowest BCUT2D eigenvalue weighted by molar-refractivity contribution is -0.118. The molecule has 24 heavy (non-hydrogen) atoms. The Bertz CT molecular complexity index is 764. The standard InChI is InChI=1S/C17H18N2O5/c1-11-8-16(19-24-11)21-10-15(20)18-12-4-5-13-14(9-12)23-17(22-13)6-2-3-7-17/h4-5,8-9H,2-3,6-7,10H2,1H3,(H,18,20). The first-order chi connectivity index (χ1) is 11.6. The van der Waals surface area contributed by atoms with Crippen LogP contribution in [0.1, 0.15) is 31.4 Å². The van der Waals surface area contributed by atoms with Gasteiger partial charge in [0.05, 0.1) is 0 Å². The van der Waals surface area contributed by atoms with Crippen LogP contribution < -0.4 is 19.5 Å². The predicted molar refractivity (Wildman–Crippen MR) is 84.3 cm³/mol. The van der Waals surface area contributed by atoms with E-state index in [-0.39, 0.29) is 18.4 Å². The van der Waals surface area contributed by atoms with Gasteiger partial charge in [-0.25, -0.2) is 0 Å². The molecule has 1 spiro atoms. The Balaban J connectivity index is 1.37. The zero-order valence-electron chi connectivity index (χ0n) is 13.3. The number of nitrogens with one attached hydrogen (secondary N) is 1. The zero-order valence-corrected chi connectivity index (χ0v) is 13.3. The number of hydrogen-bond acceptors (Lipinski definition) is 6. The summed E-state index contributed by atoms with van der Waals surface area (Å²) in [5.74, 6) is 1.52. The fourth-order valence-electron chi connectivity index (χ4n) is 3.04. The Morgan fingerprint density at radius 1 is 1.25 bits per heavy atom. The predicted octanol–water partition coefficient (Wildman–Crippen LogP) is 3.04. The van der Waals surface area contributed by atoms with Crippen LogP contribution >= 0.6 is 0 Å². The van der Waals surface area contributed by atoms with E-state index >= 15 is 0 Å². The van der Waals surface area contributed by atoms with Crippen molar-refractivity contribution in [2.24, 2.45) is 0 Å². The van der Waals surface area contributed by atoms with E-state index in [0.717, 1.165) is 31.4 Å². The molecule has 1 aromatic heterocycles. The van der Waals surface area contributed by atoms with Gasteiger partial charge in [0.2, 0.25) is 0 Å². The van der Waals surface area contributed by atoms with E-state index in [0.29, 0.717) is 17.2 Å². The Morgan fingerprint density at radius 3 is 2.79 bits per heavy atom. The van der Waals surface area contributed by atoms with Crippen molar-refractivity contribution in [3.63, 3.8) is 0 Å². The Labute approximate surface area is 138 Å². The van der Waals surface area contributed by atoms with Gasteiger partial charge in [0.25, 0.3) is 17.6 Å². The van der Waals surface area contributed by atoms with Crippen molar-refractivity contribution in [1.29, 1.82) is 0 Å². The second kappa shape index (κ2) is 5.74. The van der Waals surface area contributed by atoms with E-state index in [2.05, 4.69) is 10.5 Å². The first-order valence-corrected chi connectivity index (χ1v) is 8.00. The average Bonchev–Trinajstić information content (AvgIpc) is 3.26. The maximum atomic E-state index is 12.0. The van der Waals surface area contributed by atoms with Crippen molar-refractivity contribution >= 4 is 11.6 Å². The molecule has 1 fully saturated rings. The van der Waals surface area contributed by atoms with Crippen molar-refractivity contribution in [2.45, 2.75) is 38.4 Å². The second-order valence-electron chi connectivity index (χ2n) is 6.10. The monoisotopic (exact) mass is 330 g/mol. The number of carbonyl (C=O) groups is 1. The van der Waals surface area contributed by atoms with Crippen molar-refractivity contribution in [3.05, 3.63) is 30.0 Å². The minimum absolute atomic E-state index is 0.148. The van der Waals surface area contributed by atoms with Crippen LogP contribution in [0.15, 0.2) is 28.8 Å². The number of amides is 1. The normalized spacial score (nSPS) is 17.2. The number of aryl methyl sites for hydroxylation is 1. The molecule has 126 valence electrons. The molecular formula is C17H18N2O5. The summed E-state index contributed by atoms with van der Waals surface area (Å²) in [5.41, 5.74) is 0.636. The molecule has 1 saturated carbocycles. The quantitative estimate of drug-likeness (QED) is 0.928. The Kier molecular flexibility index (Phi) is 3.55. The molecule has 7 nitrogen and oxygen atoms in total. The molecule has 0 saturated heterocycles. The lowest BCUT2D eigenvalue weighted by atomic mass is 10.2. The summed E-state index contributed by atoms with van der Waals surface area (Å²) < 4.78 is 22.1. The number of hydrogen-bond donors (Lipinski definition) is 1. The minimum atomic E-state index is -0.501. The third kappa shape index (κ3) is 2.89. The molecule has 0 radical (unpaired) electrons. The van der Waals surface area contributed by atoms with E-state index in [4.69, 9.17) is 18.7 Å². The zero-order chi connectivity index (χ0) is 16.6. The number of fused-ring (bicyclic) bond motifs is 1. The van der Waals surface area contributed by atoms with Gasteiger partial charge in [-0.15, -0.1) is 0 Å². The largest absolute Gasteiger partial charge is 0.465 e. The summed E-state index contributed by atoms with van der Waals surface area (Å²) in [5, 5.41) is 6.44. The van der Waals surface area contributed by atoms with Gasteiger partial charge in [-0.1, -0.05) is 0 Å². The van der Waals surface area contributed by atoms with Crippen LogP contribution in [0.5, 0.6) is 17.4 Å². The van der Waals surface area contributed by atoms with E-state index in [9.17, 15) is 4.79 Å². The number of nitrogens with zero attached hydrogens (tertiary/aromatic N) is 1. The maximum Gasteiger partial charge on any atom is 0.262 e. The van der Waals surface area contributed by atoms with Gasteiger partial charge in [-0.05, 0) is 37.1 Å². The van der Waals surface area contributed by atoms with Crippen LogP contribution in [0.4, 0.5) is 5.69 Å². The average molecular weight is 330 g/mol. The lowest BCUT2D eigenvalue weighted by Crippen LogP contribution is -2.34. The molecule has 2 aliphatic rings. The first kappa shape index (κ1) is 14.9. The van der Waals surface area contributed by atoms with Crippen molar-refractivity contribution in [2.75, 3.05) is 11.9 Å². The summed E-state index contributed by atoms with van der Waals surface area (Å²) in [6.07, 6.45) is 4.01. The molecule has 7 heteroatoms. The molecule has 1 aliphatic heterocycles. The van der Waals surface area contributed by atoms with E-state index in [1.54, 1.807) is 25.1 Å². The Hall–Kier alpha value is -2.70. The molecule has 1 N–H and O–H groups in total. The molecule has 2 aromatic rings. The van der Waals surface area contributed by atoms with Crippen LogP contribution in [-0.4, -0.2) is 23.5 Å². The molecule has 0 atom stereocenters. The van der Waals surface area contributed by atoms with Gasteiger partial charge in [0, 0.05) is 30.7 Å². The highest BCUT2D eigenvalue weighted by atomic mass is 16.7. The van der Waals surface area contributed by atoms with Gasteiger partial charge < -0.3 is 24.1 Å². The number of ether oxygens (including phenoxy) is 3. The van der Waals surface area contributed by atoms with Gasteiger partial charge in [-0.2, -0.15) is 0 Å². The number of aromatic nitrogens is 1. The van der Waals surface area contributed by atoms with Gasteiger partial charge in [-0.3, -0.25) is 4.79 Å². The molecular weight excluding hydrogens is 312 g/mol. The van der Waals surface area contributed by atoms with Crippen molar-refractivity contribution in [1.82, 2.24) is 5.16 Å². The summed E-state index contributed by atoms with van der Waals surface area (Å²) >= 11 is 0. The highest BCUT2D eigenvalue weighted by Crippen LogP contribution is 2.47. The van der Waals surface area contributed by atoms with Crippen LogP contribution in [0.2, 0.25) is 0 Å². The molecule has 1 amide bonds. The molecule has 4 rings (SSSR count). The smallest absolute Gasteiger partial charge is 0.262 e. The van der Waals surface area contributed by atoms with Gasteiger partial charge >= 0.3 is 0 Å². The number of carbonyl (C=O) groups excluding carboxylic acids is 1. The minimum Gasteiger partial charge on any atom is -0.465 e. The lowest BCUT2D eigenvalue weighted by Gasteiger charge is -2.21. The third-order valence-corrected chi connectivity index (χ3v) is 4.14. The van der Waals surface area contributed by atoms with Crippen LogP contribution in [0.3, 0.4) is 0 Å². The summed E-state index contributed by atoms with van der Waals surface area (Å²) in [7, 11) is 0. The fourth-order valence-corrected chi connectivity index (χ4v) is 3.04. The Morgan fingerprint density at radius 2 is 2.04 bits per heavy atom. The molecule has 0 bridgehead atoms. The molecule has 1 aromatic carbocycles. The van der Waals surface area contributed by atoms with Gasteiger partial charge in [0.15, 0.2) is 18.1 Å². The first-order valence-electron chi connectivity index (χ1n) is 8.00. The topological polar surface area (TPSA) is 82.8 Å². The number of anilines is 1. The van der Waals surface area contributed by atoms with E-state index in [1.165, 1.54) is 0 Å². The van der Waals surface area contributed by atoms with E-state index in [1.807, 2.05) is 6.07 Å². The summed E-state index contributed by atoms with van der Waals surface area (Å²) in [6, 6.07) is 7.00. The maximum absolute atomic E-state index is 12.0. The number of benzene rings is 1. The SMILES string of the molecule is Cc1cc(OCC(=O)Nc2ccc3c(c2)OC2(CCCC2)O3)no1. The second-order valence-corrected chi connectivity index (χ2v) is 6.10. The third-order valence-electron chi connectivity index (χ3n) is 4.14. The van der Waals surface area contributed by atoms with Crippen molar-refractivity contribution in [3.8, 4) is 17.4 Å². The van der Waals surface area contributed by atoms with Gasteiger partial charge in [0.1, 0.15) is 5.76 Å². The van der Waals surface area contributed by atoms with Crippen LogP contribution in [0, 0.1) is 6.92 Å². The molecule has 2 heterocycles. The van der Waals surface area contributed by atoms with Crippen LogP contribution in [0.25, 0.3) is 0 Å². The van der Waals surface area contributed by atoms with Crippen molar-refractivity contribution < 1.29 is 23.5 Å². The fraction of sp³-hybridized carbons (Fsp3) is 0.412. The highest BCUT2D eigenvalue weighted by molar-refractivity contribution is 5.92. The molecule has 0 unspecified atom stereocenters. The van der Waals surface area contributed by atoms with E-state index < -0.39 is 5.79 Å². The summed E-state index contributed by atoms with van der Waals surface area (Å²) in [4.78, 5) is 12.0.